The lowest BCUT2D eigenvalue weighted by molar-refractivity contribution is -0.117. The zero-order valence-electron chi connectivity index (χ0n) is 7.58. The molecule has 0 amide bonds. The predicted molar refractivity (Wildman–Crippen MR) is 50.2 cm³/mol. The molecule has 1 rings (SSSR count). The number of Topliss-reactive ketones (excluding diaryl/α,β-unsaturated/α-hetero) is 1. The first kappa shape index (κ1) is 8.98. The summed E-state index contributed by atoms with van der Waals surface area (Å²) in [6.07, 6.45) is 0.643. The second-order valence-corrected chi connectivity index (χ2v) is 3.22. The van der Waals surface area contributed by atoms with Crippen LogP contribution in [0.25, 0.3) is 0 Å². The number of carbonyl (C=O) groups excluding carboxylic acids is 1. The Balaban J connectivity index is 2.65. The van der Waals surface area contributed by atoms with Crippen LogP contribution in [0.1, 0.15) is 31.7 Å². The van der Waals surface area contributed by atoms with E-state index in [-0.39, 0.29) is 5.78 Å². The third kappa shape index (κ3) is 2.50. The Morgan fingerprint density at radius 3 is 2.42 bits per heavy atom. The van der Waals surface area contributed by atoms with Crippen molar-refractivity contribution >= 4 is 5.78 Å². The van der Waals surface area contributed by atoms with Crippen molar-refractivity contribution in [3.8, 4) is 0 Å². The molecule has 0 bridgehead atoms. The van der Waals surface area contributed by atoms with Crippen molar-refractivity contribution in [3.63, 3.8) is 0 Å². The molecule has 0 aliphatic carbocycles. The molecule has 1 atom stereocenters. The third-order valence-corrected chi connectivity index (χ3v) is 1.96. The molecule has 0 spiro atoms. The van der Waals surface area contributed by atoms with Crippen LogP contribution >= 0.6 is 0 Å². The minimum Gasteiger partial charge on any atom is -0.300 e. The van der Waals surface area contributed by atoms with E-state index in [0.717, 1.165) is 0 Å². The van der Waals surface area contributed by atoms with Crippen molar-refractivity contribution in [1.82, 2.24) is 0 Å². The number of ketones is 1. The summed E-state index contributed by atoms with van der Waals surface area (Å²) in [6, 6.07) is 10.1. The first-order chi connectivity index (χ1) is 5.70. The fourth-order valence-electron chi connectivity index (χ4n) is 1.33. The Morgan fingerprint density at radius 2 is 1.92 bits per heavy atom. The zero-order valence-corrected chi connectivity index (χ0v) is 7.58. The largest absolute Gasteiger partial charge is 0.300 e. The minimum atomic E-state index is 0.256. The Morgan fingerprint density at radius 1 is 1.33 bits per heavy atom. The maximum Gasteiger partial charge on any atom is 0.130 e. The van der Waals surface area contributed by atoms with E-state index in [1.807, 2.05) is 18.2 Å². The average molecular weight is 162 g/mol. The highest BCUT2D eigenvalue weighted by Crippen LogP contribution is 2.18. The number of hydrogen-bond acceptors (Lipinski definition) is 1. The second kappa shape index (κ2) is 4.05. The van der Waals surface area contributed by atoms with E-state index in [2.05, 4.69) is 19.1 Å². The van der Waals surface area contributed by atoms with Gasteiger partial charge in [-0.05, 0) is 18.4 Å². The van der Waals surface area contributed by atoms with Gasteiger partial charge in [-0.2, -0.15) is 0 Å². The van der Waals surface area contributed by atoms with E-state index in [4.69, 9.17) is 0 Å². The lowest BCUT2D eigenvalue weighted by atomic mass is 9.96. The van der Waals surface area contributed by atoms with Crippen LogP contribution in [0.5, 0.6) is 0 Å². The molecule has 1 aromatic rings. The zero-order chi connectivity index (χ0) is 8.97. The van der Waals surface area contributed by atoms with Crippen molar-refractivity contribution in [3.05, 3.63) is 35.9 Å². The van der Waals surface area contributed by atoms with Crippen LogP contribution < -0.4 is 0 Å². The van der Waals surface area contributed by atoms with E-state index in [9.17, 15) is 4.79 Å². The molecule has 12 heavy (non-hydrogen) atoms. The monoisotopic (exact) mass is 162 g/mol. The molecule has 0 saturated carbocycles. The van der Waals surface area contributed by atoms with Gasteiger partial charge in [0.15, 0.2) is 0 Å². The smallest absolute Gasteiger partial charge is 0.130 e. The molecule has 1 nitrogen and oxygen atoms in total. The van der Waals surface area contributed by atoms with Gasteiger partial charge in [0.25, 0.3) is 0 Å². The molecule has 0 fully saturated rings. The van der Waals surface area contributed by atoms with Crippen LogP contribution in [0.3, 0.4) is 0 Å². The predicted octanol–water partition coefficient (Wildman–Crippen LogP) is 2.77. The van der Waals surface area contributed by atoms with Crippen molar-refractivity contribution in [2.24, 2.45) is 0 Å². The maximum absolute atomic E-state index is 10.8. The summed E-state index contributed by atoms with van der Waals surface area (Å²) in [5.74, 6) is 0.607. The lowest BCUT2D eigenvalue weighted by Gasteiger charge is -2.08. The van der Waals surface area contributed by atoms with Gasteiger partial charge in [-0.15, -0.1) is 0 Å². The van der Waals surface area contributed by atoms with E-state index in [0.29, 0.717) is 12.3 Å². The Labute approximate surface area is 73.4 Å². The molecule has 1 aromatic carbocycles. The molecule has 0 saturated heterocycles. The SMILES string of the molecule is CC(=O)CC(C)c1ccccc1. The Hall–Kier alpha value is -1.11. The van der Waals surface area contributed by atoms with E-state index >= 15 is 0 Å². The Kier molecular flexibility index (Phi) is 3.03. The summed E-state index contributed by atoms with van der Waals surface area (Å²) in [7, 11) is 0. The quantitative estimate of drug-likeness (QED) is 0.668. The molecule has 0 aliphatic rings. The van der Waals surface area contributed by atoms with Gasteiger partial charge in [-0.1, -0.05) is 37.3 Å². The second-order valence-electron chi connectivity index (χ2n) is 3.22. The first-order valence-electron chi connectivity index (χ1n) is 4.24. The molecule has 0 radical (unpaired) electrons. The number of rotatable bonds is 3. The fraction of sp³-hybridized carbons (Fsp3) is 0.364. The average Bonchev–Trinajstić information content (AvgIpc) is 2.05. The van der Waals surface area contributed by atoms with Crippen LogP contribution in [0.4, 0.5) is 0 Å². The normalized spacial score (nSPS) is 12.5. The summed E-state index contributed by atoms with van der Waals surface area (Å²) in [6.45, 7) is 3.72. The van der Waals surface area contributed by atoms with E-state index in [1.54, 1.807) is 6.92 Å². The lowest BCUT2D eigenvalue weighted by Crippen LogP contribution is -1.99. The molecular formula is C11H14O. The highest BCUT2D eigenvalue weighted by Gasteiger charge is 2.06. The van der Waals surface area contributed by atoms with Gasteiger partial charge >= 0.3 is 0 Å². The number of hydrogen-bond donors (Lipinski definition) is 0. The topological polar surface area (TPSA) is 17.1 Å². The van der Waals surface area contributed by atoms with Gasteiger partial charge < -0.3 is 4.79 Å². The Bertz CT molecular complexity index is 251. The molecular weight excluding hydrogens is 148 g/mol. The molecule has 0 N–H and O–H groups in total. The van der Waals surface area contributed by atoms with Gasteiger partial charge in [-0.3, -0.25) is 0 Å². The number of carbonyl (C=O) groups is 1. The van der Waals surface area contributed by atoms with Crippen molar-refractivity contribution in [2.45, 2.75) is 26.2 Å². The van der Waals surface area contributed by atoms with Crippen molar-refractivity contribution in [2.75, 3.05) is 0 Å². The molecule has 1 heteroatoms. The fourth-order valence-corrected chi connectivity index (χ4v) is 1.33. The molecule has 64 valence electrons. The number of benzene rings is 1. The summed E-state index contributed by atoms with van der Waals surface area (Å²) < 4.78 is 0. The molecule has 0 heterocycles. The van der Waals surface area contributed by atoms with Gasteiger partial charge in [0.1, 0.15) is 5.78 Å². The minimum absolute atomic E-state index is 0.256. The summed E-state index contributed by atoms with van der Waals surface area (Å²) in [5.41, 5.74) is 1.24. The van der Waals surface area contributed by atoms with Crippen LogP contribution in [0, 0.1) is 0 Å². The molecule has 0 aliphatic heterocycles. The summed E-state index contributed by atoms with van der Waals surface area (Å²) >= 11 is 0. The summed E-state index contributed by atoms with van der Waals surface area (Å²) in [5, 5.41) is 0. The summed E-state index contributed by atoms with van der Waals surface area (Å²) in [4.78, 5) is 10.8. The van der Waals surface area contributed by atoms with Gasteiger partial charge in [-0.25, -0.2) is 0 Å². The van der Waals surface area contributed by atoms with E-state index < -0.39 is 0 Å². The van der Waals surface area contributed by atoms with Crippen LogP contribution in [-0.4, -0.2) is 5.78 Å². The van der Waals surface area contributed by atoms with Crippen LogP contribution in [0.15, 0.2) is 30.3 Å². The van der Waals surface area contributed by atoms with Crippen molar-refractivity contribution in [1.29, 1.82) is 0 Å². The standard InChI is InChI=1S/C11H14O/c1-9(8-10(2)12)11-6-4-3-5-7-11/h3-7,9H,8H2,1-2H3. The third-order valence-electron chi connectivity index (χ3n) is 1.96. The van der Waals surface area contributed by atoms with Crippen LogP contribution in [0.2, 0.25) is 0 Å². The first-order valence-corrected chi connectivity index (χ1v) is 4.24. The van der Waals surface area contributed by atoms with Crippen LogP contribution in [-0.2, 0) is 4.79 Å². The highest BCUT2D eigenvalue weighted by molar-refractivity contribution is 5.76. The highest BCUT2D eigenvalue weighted by atomic mass is 16.1. The van der Waals surface area contributed by atoms with Gasteiger partial charge in [0.2, 0.25) is 0 Å². The van der Waals surface area contributed by atoms with Crippen molar-refractivity contribution < 1.29 is 4.79 Å². The van der Waals surface area contributed by atoms with E-state index in [1.165, 1.54) is 5.56 Å². The molecule has 1 unspecified atom stereocenters. The van der Waals surface area contributed by atoms with Gasteiger partial charge in [0, 0.05) is 6.42 Å². The maximum atomic E-state index is 10.8. The molecule has 0 aromatic heterocycles. The van der Waals surface area contributed by atoms with Gasteiger partial charge in [0.05, 0.1) is 0 Å².